The van der Waals surface area contributed by atoms with Gasteiger partial charge in [0, 0.05) is 32.2 Å². The molecule has 242 valence electrons. The highest BCUT2D eigenvalue weighted by Crippen LogP contribution is 2.23. The lowest BCUT2D eigenvalue weighted by Crippen LogP contribution is -2.55. The van der Waals surface area contributed by atoms with E-state index < -0.39 is 41.6 Å². The second-order valence-corrected chi connectivity index (χ2v) is 12.2. The van der Waals surface area contributed by atoms with Crippen LogP contribution in [0.2, 0.25) is 0 Å². The van der Waals surface area contributed by atoms with Crippen molar-refractivity contribution in [1.29, 1.82) is 0 Å². The van der Waals surface area contributed by atoms with Crippen molar-refractivity contribution in [2.75, 3.05) is 40.3 Å². The van der Waals surface area contributed by atoms with Crippen LogP contribution in [-0.2, 0) is 25.7 Å². The van der Waals surface area contributed by atoms with Crippen LogP contribution < -0.4 is 15.4 Å². The number of amides is 5. The van der Waals surface area contributed by atoms with E-state index in [9.17, 15) is 29.1 Å². The number of benzene rings is 2. The fourth-order valence-corrected chi connectivity index (χ4v) is 5.38. The summed E-state index contributed by atoms with van der Waals surface area (Å²) in [5.41, 5.74) is -0.121. The summed E-state index contributed by atoms with van der Waals surface area (Å²) in [6.07, 6.45) is -0.567. The first-order chi connectivity index (χ1) is 21.3. The van der Waals surface area contributed by atoms with Gasteiger partial charge in [-0.25, -0.2) is 4.79 Å². The van der Waals surface area contributed by atoms with Crippen molar-refractivity contribution in [3.63, 3.8) is 0 Å². The summed E-state index contributed by atoms with van der Waals surface area (Å²) in [5.74, 6) is -1.30. The Kier molecular flexibility index (Phi) is 10.7. The number of hydrogen-bond acceptors (Lipinski definition) is 8. The molecule has 2 heterocycles. The number of carbonyl (C=O) groups excluding carboxylic acids is 5. The van der Waals surface area contributed by atoms with Crippen molar-refractivity contribution in [1.82, 2.24) is 25.3 Å². The monoisotopic (exact) mass is 623 g/mol. The summed E-state index contributed by atoms with van der Waals surface area (Å²) in [7, 11) is 2.95. The van der Waals surface area contributed by atoms with E-state index in [0.717, 1.165) is 5.56 Å². The molecule has 0 radical (unpaired) electrons. The minimum absolute atomic E-state index is 0.0205. The lowest BCUT2D eigenvalue weighted by Gasteiger charge is -2.30. The van der Waals surface area contributed by atoms with Crippen LogP contribution in [0.3, 0.4) is 0 Å². The number of aliphatic hydroxyl groups is 1. The minimum atomic E-state index is -1.21. The SMILES string of the molecule is CN1C[C@H](NC(=O)OCc2ccccc2)C(=O)N(C)CC(=O)N2C[C@@H](NC(=O)CC(C)(C)O)C[C@H]2COc2cccc(c2)C1=O. The molecule has 0 spiro atoms. The topological polar surface area (TPSA) is 158 Å². The summed E-state index contributed by atoms with van der Waals surface area (Å²) in [6.45, 7) is 2.82. The van der Waals surface area contributed by atoms with Gasteiger partial charge in [-0.1, -0.05) is 36.4 Å². The number of nitrogens with zero attached hydrogens (tertiary/aromatic N) is 3. The van der Waals surface area contributed by atoms with Crippen LogP contribution >= 0.6 is 0 Å². The highest BCUT2D eigenvalue weighted by Gasteiger charge is 2.38. The van der Waals surface area contributed by atoms with Gasteiger partial charge in [-0.3, -0.25) is 19.2 Å². The third kappa shape index (κ3) is 9.42. The Hall–Kier alpha value is -4.65. The molecule has 3 atom stereocenters. The molecule has 2 aliphatic heterocycles. The fraction of sp³-hybridized carbons (Fsp3) is 0.469. The van der Waals surface area contributed by atoms with Crippen molar-refractivity contribution in [2.24, 2.45) is 0 Å². The normalized spacial score (nSPS) is 21.3. The quantitative estimate of drug-likeness (QED) is 0.433. The molecule has 1 fully saturated rings. The Bertz CT molecular complexity index is 1400. The molecule has 13 nitrogen and oxygen atoms in total. The van der Waals surface area contributed by atoms with E-state index in [1.54, 1.807) is 41.3 Å². The van der Waals surface area contributed by atoms with Gasteiger partial charge in [-0.15, -0.1) is 0 Å². The van der Waals surface area contributed by atoms with E-state index in [-0.39, 0.29) is 51.1 Å². The van der Waals surface area contributed by atoms with Crippen molar-refractivity contribution in [2.45, 2.75) is 57.0 Å². The molecule has 45 heavy (non-hydrogen) atoms. The smallest absolute Gasteiger partial charge is 0.408 e. The van der Waals surface area contributed by atoms with E-state index in [0.29, 0.717) is 17.7 Å². The third-order valence-corrected chi connectivity index (χ3v) is 7.57. The average molecular weight is 624 g/mol. The zero-order valence-corrected chi connectivity index (χ0v) is 26.0. The molecule has 2 aromatic carbocycles. The average Bonchev–Trinajstić information content (AvgIpc) is 3.39. The maximum Gasteiger partial charge on any atom is 0.408 e. The Morgan fingerprint density at radius 1 is 1.00 bits per heavy atom. The summed E-state index contributed by atoms with van der Waals surface area (Å²) in [5, 5.41) is 15.5. The molecule has 4 rings (SSSR count). The molecule has 2 bridgehead atoms. The molecular weight excluding hydrogens is 582 g/mol. The lowest BCUT2D eigenvalue weighted by atomic mass is 10.0. The first-order valence-electron chi connectivity index (χ1n) is 14.8. The van der Waals surface area contributed by atoms with E-state index in [1.165, 1.54) is 37.7 Å². The summed E-state index contributed by atoms with van der Waals surface area (Å²) in [4.78, 5) is 69.9. The van der Waals surface area contributed by atoms with Gasteiger partial charge in [0.1, 0.15) is 25.0 Å². The predicted molar refractivity (Wildman–Crippen MR) is 163 cm³/mol. The number of ether oxygens (including phenoxy) is 2. The Morgan fingerprint density at radius 2 is 1.73 bits per heavy atom. The van der Waals surface area contributed by atoms with Crippen molar-refractivity contribution >= 4 is 29.7 Å². The van der Waals surface area contributed by atoms with E-state index in [4.69, 9.17) is 9.47 Å². The third-order valence-electron chi connectivity index (χ3n) is 7.57. The molecular formula is C32H41N5O8. The van der Waals surface area contributed by atoms with Gasteiger partial charge in [0.25, 0.3) is 5.91 Å². The Labute approximate surface area is 262 Å². The largest absolute Gasteiger partial charge is 0.491 e. The summed E-state index contributed by atoms with van der Waals surface area (Å²) < 4.78 is 11.3. The zero-order valence-electron chi connectivity index (χ0n) is 26.0. The van der Waals surface area contributed by atoms with Gasteiger partial charge in [0.15, 0.2) is 0 Å². The summed E-state index contributed by atoms with van der Waals surface area (Å²) >= 11 is 0. The van der Waals surface area contributed by atoms with Crippen LogP contribution in [0, 0.1) is 0 Å². The maximum atomic E-state index is 13.6. The van der Waals surface area contributed by atoms with Crippen LogP contribution in [0.4, 0.5) is 4.79 Å². The number of rotatable bonds is 6. The molecule has 2 aromatic rings. The van der Waals surface area contributed by atoms with Crippen LogP contribution in [0.25, 0.3) is 0 Å². The second kappa shape index (κ2) is 14.4. The van der Waals surface area contributed by atoms with Crippen molar-refractivity contribution < 1.29 is 38.6 Å². The zero-order chi connectivity index (χ0) is 32.7. The molecule has 0 unspecified atom stereocenters. The van der Waals surface area contributed by atoms with Gasteiger partial charge < -0.3 is 39.9 Å². The molecule has 0 aliphatic carbocycles. The van der Waals surface area contributed by atoms with Crippen molar-refractivity contribution in [3.8, 4) is 5.75 Å². The highest BCUT2D eigenvalue weighted by atomic mass is 16.5. The van der Waals surface area contributed by atoms with Crippen molar-refractivity contribution in [3.05, 3.63) is 65.7 Å². The van der Waals surface area contributed by atoms with Gasteiger partial charge in [0.05, 0.1) is 31.2 Å². The number of hydrogen-bond donors (Lipinski definition) is 3. The minimum Gasteiger partial charge on any atom is -0.491 e. The number of nitrogens with one attached hydrogen (secondary N) is 2. The molecule has 0 saturated carbocycles. The standard InChI is InChI=1S/C32H41N5O8/c1-32(2,43)15-27(38)33-23-14-24-20-44-25-12-8-11-22(13-25)29(40)35(3)17-26(30(41)36(4)18-28(39)37(24)16-23)34-31(42)45-19-21-9-6-5-7-10-21/h5-13,23-24,26,43H,14-20H2,1-4H3,(H,33,38)(H,34,42)/t23-,24-,26-/m0/s1. The first kappa shape index (κ1) is 33.2. The number of carbonyl (C=O) groups is 5. The maximum absolute atomic E-state index is 13.6. The fourth-order valence-electron chi connectivity index (χ4n) is 5.38. The van der Waals surface area contributed by atoms with Crippen LogP contribution in [-0.4, -0.2) is 114 Å². The van der Waals surface area contributed by atoms with Gasteiger partial charge in [0.2, 0.25) is 17.7 Å². The Morgan fingerprint density at radius 3 is 2.44 bits per heavy atom. The van der Waals surface area contributed by atoms with Gasteiger partial charge in [-0.2, -0.15) is 0 Å². The lowest BCUT2D eigenvalue weighted by molar-refractivity contribution is -0.141. The number of alkyl carbamates (subject to hydrolysis) is 1. The van der Waals surface area contributed by atoms with E-state index >= 15 is 0 Å². The highest BCUT2D eigenvalue weighted by molar-refractivity contribution is 5.95. The molecule has 5 amide bonds. The first-order valence-corrected chi connectivity index (χ1v) is 14.8. The summed E-state index contributed by atoms with van der Waals surface area (Å²) in [6, 6.07) is 13.5. The van der Waals surface area contributed by atoms with Crippen LogP contribution in [0.1, 0.15) is 42.6 Å². The number of likely N-dealkylation sites (N-methyl/N-ethyl adjacent to an activating group) is 2. The molecule has 2 aliphatic rings. The molecule has 1 saturated heterocycles. The predicted octanol–water partition coefficient (Wildman–Crippen LogP) is 1.15. The van der Waals surface area contributed by atoms with Gasteiger partial charge >= 0.3 is 6.09 Å². The molecule has 13 heteroatoms. The molecule has 0 aromatic heterocycles. The van der Waals surface area contributed by atoms with Gasteiger partial charge in [-0.05, 0) is 44.0 Å². The number of fused-ring (bicyclic) bond motifs is 3. The van der Waals surface area contributed by atoms with E-state index in [2.05, 4.69) is 10.6 Å². The van der Waals surface area contributed by atoms with Crippen LogP contribution in [0.5, 0.6) is 5.75 Å². The second-order valence-electron chi connectivity index (χ2n) is 12.2. The Balaban J connectivity index is 1.55. The van der Waals surface area contributed by atoms with Crippen LogP contribution in [0.15, 0.2) is 54.6 Å². The van der Waals surface area contributed by atoms with E-state index in [1.807, 2.05) is 18.2 Å². The molecule has 3 N–H and O–H groups in total.